The number of nitrogens with one attached hydrogen (secondary N) is 1. The number of hydrogen-bond donors (Lipinski definition) is 2. The number of pyridine rings is 1. The molecule has 112 valence electrons. The molecular weight excluding hydrogens is 254 g/mol. The molecule has 1 saturated heterocycles. The predicted octanol–water partition coefficient (Wildman–Crippen LogP) is 1.65. The minimum atomic E-state index is 0.178. The van der Waals surface area contributed by atoms with Crippen LogP contribution < -0.4 is 16.0 Å². The third-order valence-electron chi connectivity index (χ3n) is 4.00. The maximum atomic E-state index is 5.68. The van der Waals surface area contributed by atoms with E-state index in [4.69, 9.17) is 15.3 Å². The van der Waals surface area contributed by atoms with Crippen LogP contribution >= 0.6 is 0 Å². The van der Waals surface area contributed by atoms with E-state index in [0.29, 0.717) is 6.10 Å². The van der Waals surface area contributed by atoms with Crippen LogP contribution in [0.3, 0.4) is 0 Å². The van der Waals surface area contributed by atoms with Gasteiger partial charge in [0.1, 0.15) is 5.75 Å². The Bertz CT molecular complexity index is 445. The van der Waals surface area contributed by atoms with Crippen molar-refractivity contribution in [1.82, 2.24) is 10.4 Å². The number of aryl methyl sites for hydroxylation is 1. The second-order valence-electron chi connectivity index (χ2n) is 5.48. The summed E-state index contributed by atoms with van der Waals surface area (Å²) in [6.45, 7) is 4.93. The summed E-state index contributed by atoms with van der Waals surface area (Å²) in [5.41, 5.74) is 6.09. The van der Waals surface area contributed by atoms with Crippen molar-refractivity contribution >= 4 is 0 Å². The van der Waals surface area contributed by atoms with Gasteiger partial charge in [0.15, 0.2) is 0 Å². The predicted molar refractivity (Wildman–Crippen MR) is 78.7 cm³/mol. The fourth-order valence-electron chi connectivity index (χ4n) is 2.87. The van der Waals surface area contributed by atoms with Crippen LogP contribution in [0.4, 0.5) is 0 Å². The number of hydrogen-bond acceptors (Lipinski definition) is 5. The molecule has 1 fully saturated rings. The summed E-state index contributed by atoms with van der Waals surface area (Å²) >= 11 is 0. The fourth-order valence-corrected chi connectivity index (χ4v) is 2.87. The van der Waals surface area contributed by atoms with Crippen molar-refractivity contribution in [3.63, 3.8) is 0 Å². The van der Waals surface area contributed by atoms with Crippen LogP contribution in [-0.4, -0.2) is 30.8 Å². The van der Waals surface area contributed by atoms with Crippen LogP contribution in [0.2, 0.25) is 0 Å². The quantitative estimate of drug-likeness (QED) is 0.612. The van der Waals surface area contributed by atoms with Crippen LogP contribution in [0, 0.1) is 13.8 Å². The molecular formula is C15H25N3O2. The molecule has 20 heavy (non-hydrogen) atoms. The number of nitrogens with two attached hydrogens (primary N) is 1. The van der Waals surface area contributed by atoms with Gasteiger partial charge in [0.25, 0.3) is 0 Å². The number of hydrazine groups is 1. The van der Waals surface area contributed by atoms with Crippen LogP contribution in [0.1, 0.15) is 36.1 Å². The Balaban J connectivity index is 2.06. The molecule has 0 radical (unpaired) electrons. The highest BCUT2D eigenvalue weighted by atomic mass is 16.5. The molecule has 2 atom stereocenters. The average Bonchev–Trinajstić information content (AvgIpc) is 2.94. The Hall–Kier alpha value is -1.17. The smallest absolute Gasteiger partial charge is 0.128 e. The van der Waals surface area contributed by atoms with Crippen molar-refractivity contribution in [3.05, 3.63) is 23.0 Å². The van der Waals surface area contributed by atoms with Crippen LogP contribution in [0.15, 0.2) is 6.20 Å². The van der Waals surface area contributed by atoms with Crippen molar-refractivity contribution in [2.45, 2.75) is 51.7 Å². The number of methoxy groups -OCH3 is 1. The Morgan fingerprint density at radius 3 is 2.95 bits per heavy atom. The zero-order chi connectivity index (χ0) is 14.5. The molecule has 1 aromatic heterocycles. The second-order valence-corrected chi connectivity index (χ2v) is 5.48. The first-order chi connectivity index (χ1) is 9.65. The molecule has 0 spiro atoms. The van der Waals surface area contributed by atoms with Gasteiger partial charge in [-0.3, -0.25) is 16.3 Å². The lowest BCUT2D eigenvalue weighted by Crippen LogP contribution is -2.39. The molecule has 2 rings (SSSR count). The molecule has 5 heteroatoms. The third kappa shape index (κ3) is 3.48. The van der Waals surface area contributed by atoms with Crippen LogP contribution in [0.5, 0.6) is 5.75 Å². The maximum Gasteiger partial charge on any atom is 0.128 e. The number of aromatic nitrogens is 1. The second kappa shape index (κ2) is 7.02. The van der Waals surface area contributed by atoms with Crippen LogP contribution in [0.25, 0.3) is 0 Å². The summed E-state index contributed by atoms with van der Waals surface area (Å²) in [6, 6.07) is 0.178. The number of nitrogens with zero attached hydrogens (tertiary/aromatic N) is 1. The molecule has 1 aliphatic heterocycles. The molecule has 2 unspecified atom stereocenters. The van der Waals surface area contributed by atoms with Crippen molar-refractivity contribution in [3.8, 4) is 5.75 Å². The van der Waals surface area contributed by atoms with E-state index in [0.717, 1.165) is 54.9 Å². The van der Waals surface area contributed by atoms with Gasteiger partial charge >= 0.3 is 0 Å². The molecule has 1 aliphatic rings. The van der Waals surface area contributed by atoms with E-state index in [1.807, 2.05) is 20.0 Å². The molecule has 5 nitrogen and oxygen atoms in total. The topological polar surface area (TPSA) is 69.4 Å². The van der Waals surface area contributed by atoms with E-state index in [9.17, 15) is 0 Å². The lowest BCUT2D eigenvalue weighted by molar-refractivity contribution is 0.0945. The van der Waals surface area contributed by atoms with Gasteiger partial charge in [0.2, 0.25) is 0 Å². The molecule has 1 aromatic rings. The van der Waals surface area contributed by atoms with E-state index in [1.165, 1.54) is 0 Å². The van der Waals surface area contributed by atoms with Crippen molar-refractivity contribution in [1.29, 1.82) is 0 Å². The highest BCUT2D eigenvalue weighted by Crippen LogP contribution is 2.25. The minimum absolute atomic E-state index is 0.178. The highest BCUT2D eigenvalue weighted by molar-refractivity contribution is 5.41. The molecule has 0 bridgehead atoms. The summed E-state index contributed by atoms with van der Waals surface area (Å²) in [5.74, 6) is 6.60. The first-order valence-electron chi connectivity index (χ1n) is 7.22. The summed E-state index contributed by atoms with van der Waals surface area (Å²) in [4.78, 5) is 4.53. The van der Waals surface area contributed by atoms with E-state index in [1.54, 1.807) is 7.11 Å². The Kier molecular flexibility index (Phi) is 5.34. The van der Waals surface area contributed by atoms with Gasteiger partial charge in [0, 0.05) is 42.1 Å². The van der Waals surface area contributed by atoms with Gasteiger partial charge in [-0.1, -0.05) is 0 Å². The lowest BCUT2D eigenvalue weighted by Gasteiger charge is -2.21. The molecule has 3 N–H and O–H groups in total. The molecule has 0 aliphatic carbocycles. The summed E-state index contributed by atoms with van der Waals surface area (Å²) in [5, 5.41) is 0. The summed E-state index contributed by atoms with van der Waals surface area (Å²) < 4.78 is 11.1. The fraction of sp³-hybridized carbons (Fsp3) is 0.667. The van der Waals surface area contributed by atoms with Gasteiger partial charge in [-0.2, -0.15) is 0 Å². The minimum Gasteiger partial charge on any atom is -0.496 e. The first kappa shape index (κ1) is 15.2. The summed E-state index contributed by atoms with van der Waals surface area (Å²) in [7, 11) is 1.70. The van der Waals surface area contributed by atoms with E-state index in [2.05, 4.69) is 10.4 Å². The Morgan fingerprint density at radius 2 is 2.35 bits per heavy atom. The highest BCUT2D eigenvalue weighted by Gasteiger charge is 2.22. The van der Waals surface area contributed by atoms with Crippen molar-refractivity contribution in [2.75, 3.05) is 13.7 Å². The Labute approximate surface area is 120 Å². The van der Waals surface area contributed by atoms with Gasteiger partial charge in [-0.25, -0.2) is 0 Å². The molecule has 2 heterocycles. The lowest BCUT2D eigenvalue weighted by atomic mass is 9.99. The maximum absolute atomic E-state index is 5.68. The molecule has 0 amide bonds. The SMILES string of the molecule is COc1c(C)cnc(CC(CC2CCCO2)NN)c1C. The van der Waals surface area contributed by atoms with Crippen LogP contribution in [-0.2, 0) is 11.2 Å². The zero-order valence-electron chi connectivity index (χ0n) is 12.6. The molecule has 0 saturated carbocycles. The average molecular weight is 279 g/mol. The third-order valence-corrected chi connectivity index (χ3v) is 4.00. The Morgan fingerprint density at radius 1 is 1.55 bits per heavy atom. The first-order valence-corrected chi connectivity index (χ1v) is 7.22. The van der Waals surface area contributed by atoms with Gasteiger partial charge in [-0.05, 0) is 33.1 Å². The van der Waals surface area contributed by atoms with Crippen molar-refractivity contribution in [2.24, 2.45) is 5.84 Å². The normalized spacial score (nSPS) is 20.1. The van der Waals surface area contributed by atoms with Gasteiger partial charge < -0.3 is 9.47 Å². The van der Waals surface area contributed by atoms with Crippen molar-refractivity contribution < 1.29 is 9.47 Å². The zero-order valence-corrected chi connectivity index (χ0v) is 12.6. The summed E-state index contributed by atoms with van der Waals surface area (Å²) in [6.07, 6.45) is 6.18. The van der Waals surface area contributed by atoms with Gasteiger partial charge in [0.05, 0.1) is 13.2 Å². The largest absolute Gasteiger partial charge is 0.496 e. The van der Waals surface area contributed by atoms with Gasteiger partial charge in [-0.15, -0.1) is 0 Å². The van der Waals surface area contributed by atoms with E-state index in [-0.39, 0.29) is 6.04 Å². The number of rotatable bonds is 6. The molecule has 0 aromatic carbocycles. The monoisotopic (exact) mass is 279 g/mol. The van der Waals surface area contributed by atoms with E-state index >= 15 is 0 Å². The number of ether oxygens (including phenoxy) is 2. The standard InChI is InChI=1S/C15H25N3O2/c1-10-9-17-14(11(2)15(10)19-3)8-12(18-16)7-13-5-4-6-20-13/h9,12-13,18H,4-8,16H2,1-3H3. The van der Waals surface area contributed by atoms with E-state index < -0.39 is 0 Å².